The molecule has 3 N–H and O–H groups in total. The number of hydrogen-bond acceptors (Lipinski definition) is 6. The van der Waals surface area contributed by atoms with Crippen LogP contribution in [0.3, 0.4) is 0 Å². The first-order chi connectivity index (χ1) is 15.5. The Morgan fingerprint density at radius 3 is 2.97 bits per heavy atom. The van der Waals surface area contributed by atoms with E-state index in [-0.39, 0.29) is 17.2 Å². The molecule has 7 nitrogen and oxygen atoms in total. The zero-order valence-electron chi connectivity index (χ0n) is 17.8. The van der Waals surface area contributed by atoms with Gasteiger partial charge < -0.3 is 11.1 Å². The van der Waals surface area contributed by atoms with Gasteiger partial charge in [0.1, 0.15) is 0 Å². The predicted octanol–water partition coefficient (Wildman–Crippen LogP) is 4.15. The minimum atomic E-state index is -0.586. The number of nitrogens with zero attached hydrogens (tertiary/aromatic N) is 3. The molecule has 0 spiro atoms. The number of aromatic nitrogens is 3. The van der Waals surface area contributed by atoms with E-state index in [1.165, 1.54) is 28.6 Å². The largest absolute Gasteiger partial charge is 0.366 e. The third kappa shape index (κ3) is 4.63. The van der Waals surface area contributed by atoms with Crippen LogP contribution in [0.15, 0.2) is 47.5 Å². The molecule has 1 aliphatic carbocycles. The molecule has 0 aliphatic heterocycles. The van der Waals surface area contributed by atoms with E-state index < -0.39 is 5.91 Å². The monoisotopic (exact) mass is 467 g/mol. The zero-order chi connectivity index (χ0) is 22.7. The molecule has 0 radical (unpaired) electrons. The van der Waals surface area contributed by atoms with E-state index in [9.17, 15) is 9.59 Å². The van der Waals surface area contributed by atoms with Gasteiger partial charge in [-0.1, -0.05) is 36.9 Å². The lowest BCUT2D eigenvalue weighted by Gasteiger charge is -2.19. The van der Waals surface area contributed by atoms with Crippen LogP contribution in [0.25, 0.3) is 11.4 Å². The maximum atomic E-state index is 12.5. The molecule has 0 bridgehead atoms. The highest BCUT2D eigenvalue weighted by molar-refractivity contribution is 7.99. The van der Waals surface area contributed by atoms with Crippen LogP contribution in [0.1, 0.15) is 34.1 Å². The summed E-state index contributed by atoms with van der Waals surface area (Å²) in [6, 6.07) is 6.68. The second kappa shape index (κ2) is 9.70. The van der Waals surface area contributed by atoms with Crippen LogP contribution in [0, 0.1) is 5.92 Å². The number of para-hydroxylation sites is 1. The summed E-state index contributed by atoms with van der Waals surface area (Å²) in [6.07, 6.45) is 5.16. The first-order valence-corrected chi connectivity index (χ1v) is 12.3. The van der Waals surface area contributed by atoms with Crippen molar-refractivity contribution in [2.24, 2.45) is 11.7 Å². The first-order valence-electron chi connectivity index (χ1n) is 10.4. The van der Waals surface area contributed by atoms with Crippen LogP contribution in [-0.2, 0) is 24.2 Å². The van der Waals surface area contributed by atoms with E-state index in [0.717, 1.165) is 24.2 Å². The molecule has 0 saturated heterocycles. The van der Waals surface area contributed by atoms with E-state index in [1.807, 2.05) is 4.57 Å². The lowest BCUT2D eigenvalue weighted by atomic mass is 9.88. The second-order valence-electron chi connectivity index (χ2n) is 7.85. The summed E-state index contributed by atoms with van der Waals surface area (Å²) in [6.45, 7) is 6.72. The molecule has 32 heavy (non-hydrogen) atoms. The topological polar surface area (TPSA) is 103 Å². The molecule has 2 amide bonds. The number of thioether (sulfide) groups is 1. The Morgan fingerprint density at radius 2 is 2.19 bits per heavy atom. The lowest BCUT2D eigenvalue weighted by molar-refractivity contribution is -0.113. The lowest BCUT2D eigenvalue weighted by Crippen LogP contribution is -2.19. The third-order valence-electron chi connectivity index (χ3n) is 5.47. The van der Waals surface area contributed by atoms with Crippen molar-refractivity contribution in [3.63, 3.8) is 0 Å². The number of amides is 2. The Balaban J connectivity index is 1.51. The zero-order valence-corrected chi connectivity index (χ0v) is 19.5. The van der Waals surface area contributed by atoms with E-state index in [0.29, 0.717) is 23.3 Å². The SMILES string of the molecule is C=CCn1c(SCC(=O)Nc2ccccc2C(N)=O)nnc1-c1csc2c1CCC(C)C2. The smallest absolute Gasteiger partial charge is 0.250 e. The van der Waals surface area contributed by atoms with E-state index in [4.69, 9.17) is 5.73 Å². The van der Waals surface area contributed by atoms with Crippen molar-refractivity contribution in [1.29, 1.82) is 0 Å². The predicted molar refractivity (Wildman–Crippen MR) is 129 cm³/mol. The molecule has 1 aliphatic rings. The average Bonchev–Trinajstić information content (AvgIpc) is 3.36. The molecule has 2 aromatic heterocycles. The number of hydrogen-bond donors (Lipinski definition) is 2. The molecule has 1 atom stereocenters. The molecule has 166 valence electrons. The molecule has 0 saturated carbocycles. The molecule has 2 heterocycles. The normalized spacial score (nSPS) is 15.2. The van der Waals surface area contributed by atoms with E-state index in [1.54, 1.807) is 41.7 Å². The van der Waals surface area contributed by atoms with Gasteiger partial charge in [-0.15, -0.1) is 28.1 Å². The van der Waals surface area contributed by atoms with Gasteiger partial charge in [-0.2, -0.15) is 0 Å². The number of nitrogens with two attached hydrogens (primary N) is 1. The number of thiophene rings is 1. The molecule has 1 aromatic carbocycles. The van der Waals surface area contributed by atoms with E-state index >= 15 is 0 Å². The molecule has 4 rings (SSSR count). The number of carbonyl (C=O) groups is 2. The van der Waals surface area contributed by atoms with E-state index in [2.05, 4.69) is 34.4 Å². The van der Waals surface area contributed by atoms with Crippen LogP contribution in [-0.4, -0.2) is 32.3 Å². The van der Waals surface area contributed by atoms with Crippen molar-refractivity contribution in [3.8, 4) is 11.4 Å². The number of primary amides is 1. The minimum absolute atomic E-state index is 0.127. The molecule has 0 fully saturated rings. The van der Waals surface area contributed by atoms with Crippen LogP contribution < -0.4 is 11.1 Å². The second-order valence-corrected chi connectivity index (χ2v) is 9.76. The number of rotatable bonds is 8. The van der Waals surface area contributed by atoms with Gasteiger partial charge >= 0.3 is 0 Å². The van der Waals surface area contributed by atoms with Gasteiger partial charge in [0.2, 0.25) is 5.91 Å². The highest BCUT2D eigenvalue weighted by atomic mass is 32.2. The summed E-state index contributed by atoms with van der Waals surface area (Å²) in [5.74, 6) is 0.822. The quantitative estimate of drug-likeness (QED) is 0.383. The van der Waals surface area contributed by atoms with Crippen molar-refractivity contribution in [2.45, 2.75) is 37.9 Å². The first kappa shape index (κ1) is 22.3. The van der Waals surface area contributed by atoms with Crippen molar-refractivity contribution in [1.82, 2.24) is 14.8 Å². The Labute approximate surface area is 195 Å². The molecular formula is C23H25N5O2S2. The standard InChI is InChI=1S/C23H25N5O2S2/c1-3-10-28-22(17-12-31-19-11-14(2)8-9-15(17)19)26-27-23(28)32-13-20(29)25-18-7-5-4-6-16(18)21(24)30/h3-7,12,14H,1,8-11,13H2,2H3,(H2,24,30)(H,25,29). The summed E-state index contributed by atoms with van der Waals surface area (Å²) in [5.41, 5.74) is 8.58. The minimum Gasteiger partial charge on any atom is -0.366 e. The van der Waals surface area contributed by atoms with Gasteiger partial charge in [0.15, 0.2) is 11.0 Å². The fourth-order valence-corrected chi connectivity index (χ4v) is 5.87. The van der Waals surface area contributed by atoms with Gasteiger partial charge in [0, 0.05) is 22.4 Å². The maximum Gasteiger partial charge on any atom is 0.250 e. The average molecular weight is 468 g/mol. The summed E-state index contributed by atoms with van der Waals surface area (Å²) in [5, 5.41) is 14.4. The highest BCUT2D eigenvalue weighted by Gasteiger charge is 2.24. The number of allylic oxidation sites excluding steroid dienone is 1. The van der Waals surface area contributed by atoms with Gasteiger partial charge in [0.25, 0.3) is 5.91 Å². The van der Waals surface area contributed by atoms with Crippen molar-refractivity contribution in [3.05, 3.63) is 58.3 Å². The van der Waals surface area contributed by atoms with Crippen LogP contribution in [0.5, 0.6) is 0 Å². The van der Waals surface area contributed by atoms with Gasteiger partial charge in [0.05, 0.1) is 17.0 Å². The molecular weight excluding hydrogens is 442 g/mol. The van der Waals surface area contributed by atoms with Gasteiger partial charge in [-0.05, 0) is 42.9 Å². The van der Waals surface area contributed by atoms with Crippen LogP contribution in [0.4, 0.5) is 5.69 Å². The number of anilines is 1. The van der Waals surface area contributed by atoms with Crippen LogP contribution in [0.2, 0.25) is 0 Å². The Morgan fingerprint density at radius 1 is 1.38 bits per heavy atom. The van der Waals surface area contributed by atoms with Gasteiger partial charge in [-0.25, -0.2) is 0 Å². The number of carbonyl (C=O) groups excluding carboxylic acids is 2. The fourth-order valence-electron chi connectivity index (χ4n) is 3.88. The summed E-state index contributed by atoms with van der Waals surface area (Å²) >= 11 is 3.10. The fraction of sp³-hybridized carbons (Fsp3) is 0.304. The summed E-state index contributed by atoms with van der Waals surface area (Å²) in [7, 11) is 0. The van der Waals surface area contributed by atoms with Crippen molar-refractivity contribution >= 4 is 40.6 Å². The summed E-state index contributed by atoms with van der Waals surface area (Å²) < 4.78 is 2.00. The Bertz CT molecular complexity index is 1170. The maximum absolute atomic E-state index is 12.5. The van der Waals surface area contributed by atoms with Crippen molar-refractivity contribution < 1.29 is 9.59 Å². The summed E-state index contributed by atoms with van der Waals surface area (Å²) in [4.78, 5) is 25.5. The Kier molecular flexibility index (Phi) is 6.76. The molecule has 3 aromatic rings. The number of benzene rings is 1. The van der Waals surface area contributed by atoms with Crippen molar-refractivity contribution in [2.75, 3.05) is 11.1 Å². The highest BCUT2D eigenvalue weighted by Crippen LogP contribution is 2.38. The third-order valence-corrected chi connectivity index (χ3v) is 7.49. The molecule has 9 heteroatoms. The van der Waals surface area contributed by atoms with Crippen LogP contribution >= 0.6 is 23.1 Å². The number of fused-ring (bicyclic) bond motifs is 1. The number of nitrogens with one attached hydrogen (secondary N) is 1. The van der Waals surface area contributed by atoms with Gasteiger partial charge in [-0.3, -0.25) is 14.2 Å². The Hall–Kier alpha value is -2.91. The molecule has 1 unspecified atom stereocenters.